The predicted octanol–water partition coefficient (Wildman–Crippen LogP) is 4.16. The summed E-state index contributed by atoms with van der Waals surface area (Å²) in [6.07, 6.45) is 0.621. The van der Waals surface area contributed by atoms with Gasteiger partial charge >= 0.3 is 0 Å². The van der Waals surface area contributed by atoms with E-state index in [4.69, 9.17) is 0 Å². The Labute approximate surface area is 197 Å². The van der Waals surface area contributed by atoms with Crippen LogP contribution in [0, 0.1) is 5.92 Å². The molecule has 1 unspecified atom stereocenters. The van der Waals surface area contributed by atoms with Crippen LogP contribution >= 0.6 is 0 Å². The SMILES string of the molecule is CCNc1ccc(NC(=O)C2CCN(C(=O)c3cccc(-c4nc5ccccc5[nH]4)n3)C2)cc1. The number of pyridine rings is 1. The van der Waals surface area contributed by atoms with E-state index in [1.165, 1.54) is 0 Å². The number of hydrogen-bond donors (Lipinski definition) is 3. The summed E-state index contributed by atoms with van der Waals surface area (Å²) >= 11 is 0. The number of aromatic amines is 1. The molecule has 8 nitrogen and oxygen atoms in total. The number of aromatic nitrogens is 3. The number of likely N-dealkylation sites (tertiary alicyclic amines) is 1. The monoisotopic (exact) mass is 454 g/mol. The summed E-state index contributed by atoms with van der Waals surface area (Å²) in [5.74, 6) is 0.115. The maximum absolute atomic E-state index is 13.1. The van der Waals surface area contributed by atoms with Crippen LogP contribution in [-0.2, 0) is 4.79 Å². The number of rotatable bonds is 6. The number of H-pyrrole nitrogens is 1. The molecule has 3 N–H and O–H groups in total. The number of hydrogen-bond acceptors (Lipinski definition) is 5. The van der Waals surface area contributed by atoms with Crippen molar-refractivity contribution in [3.63, 3.8) is 0 Å². The summed E-state index contributed by atoms with van der Waals surface area (Å²) in [4.78, 5) is 40.0. The molecule has 2 aromatic heterocycles. The van der Waals surface area contributed by atoms with Crippen LogP contribution < -0.4 is 10.6 Å². The van der Waals surface area contributed by atoms with Crippen LogP contribution in [0.2, 0.25) is 0 Å². The number of amides is 2. The molecular formula is C26H26N6O2. The van der Waals surface area contributed by atoms with Gasteiger partial charge < -0.3 is 20.5 Å². The molecule has 0 spiro atoms. The van der Waals surface area contributed by atoms with Gasteiger partial charge in [-0.3, -0.25) is 9.59 Å². The van der Waals surface area contributed by atoms with Gasteiger partial charge in [0.1, 0.15) is 11.4 Å². The molecule has 0 saturated carbocycles. The zero-order valence-electron chi connectivity index (χ0n) is 18.9. The Hall–Kier alpha value is -4.20. The van der Waals surface area contributed by atoms with Crippen molar-refractivity contribution < 1.29 is 9.59 Å². The van der Waals surface area contributed by atoms with Gasteiger partial charge in [-0.05, 0) is 61.9 Å². The van der Waals surface area contributed by atoms with Crippen LogP contribution in [0.15, 0.2) is 66.7 Å². The maximum Gasteiger partial charge on any atom is 0.272 e. The Morgan fingerprint density at radius 1 is 1.00 bits per heavy atom. The van der Waals surface area contributed by atoms with Gasteiger partial charge in [0.25, 0.3) is 5.91 Å². The number of nitrogens with one attached hydrogen (secondary N) is 3. The minimum absolute atomic E-state index is 0.0736. The number of nitrogens with zero attached hydrogens (tertiary/aromatic N) is 3. The first kappa shape index (κ1) is 21.6. The van der Waals surface area contributed by atoms with E-state index in [2.05, 4.69) is 25.6 Å². The van der Waals surface area contributed by atoms with Crippen molar-refractivity contribution >= 4 is 34.2 Å². The third kappa shape index (κ3) is 4.47. The summed E-state index contributed by atoms with van der Waals surface area (Å²) in [6, 6.07) is 20.7. The highest BCUT2D eigenvalue weighted by Crippen LogP contribution is 2.23. The average molecular weight is 455 g/mol. The molecule has 8 heteroatoms. The smallest absolute Gasteiger partial charge is 0.272 e. The van der Waals surface area contributed by atoms with Crippen LogP contribution in [0.3, 0.4) is 0 Å². The number of para-hydroxylation sites is 2. The van der Waals surface area contributed by atoms with Crippen molar-refractivity contribution in [2.75, 3.05) is 30.3 Å². The van der Waals surface area contributed by atoms with Crippen molar-refractivity contribution in [3.05, 3.63) is 72.4 Å². The highest BCUT2D eigenvalue weighted by Gasteiger charge is 2.32. The molecule has 1 aliphatic rings. The van der Waals surface area contributed by atoms with Crippen LogP contribution in [0.5, 0.6) is 0 Å². The second-order valence-electron chi connectivity index (χ2n) is 8.34. The summed E-state index contributed by atoms with van der Waals surface area (Å²) in [7, 11) is 0. The normalized spacial score (nSPS) is 15.4. The number of carbonyl (C=O) groups excluding carboxylic acids is 2. The molecule has 2 amide bonds. The molecule has 2 aromatic carbocycles. The number of carbonyl (C=O) groups is 2. The Bertz CT molecular complexity index is 1300. The number of anilines is 2. The molecule has 1 fully saturated rings. The van der Waals surface area contributed by atoms with Gasteiger partial charge in [0.05, 0.1) is 17.0 Å². The maximum atomic E-state index is 13.1. The van der Waals surface area contributed by atoms with E-state index in [1.807, 2.05) is 61.5 Å². The van der Waals surface area contributed by atoms with Crippen molar-refractivity contribution in [2.24, 2.45) is 5.92 Å². The van der Waals surface area contributed by atoms with Crippen molar-refractivity contribution in [1.29, 1.82) is 0 Å². The molecular weight excluding hydrogens is 428 g/mol. The fraction of sp³-hybridized carbons (Fsp3) is 0.231. The highest BCUT2D eigenvalue weighted by atomic mass is 16.2. The number of fused-ring (bicyclic) bond motifs is 1. The van der Waals surface area contributed by atoms with E-state index >= 15 is 0 Å². The van der Waals surface area contributed by atoms with Crippen molar-refractivity contribution in [2.45, 2.75) is 13.3 Å². The van der Waals surface area contributed by atoms with Crippen LogP contribution in [0.1, 0.15) is 23.8 Å². The minimum atomic E-state index is -0.254. The second kappa shape index (κ2) is 9.35. The third-order valence-corrected chi connectivity index (χ3v) is 5.98. The summed E-state index contributed by atoms with van der Waals surface area (Å²) in [5, 5.41) is 6.19. The standard InChI is InChI=1S/C26H26N6O2/c1-2-27-18-10-12-19(13-11-18)28-25(33)17-14-15-32(16-17)26(34)23-9-5-8-22(29-23)24-30-20-6-3-4-7-21(20)31-24/h3-13,17,27H,2,14-16H2,1H3,(H,28,33)(H,30,31). The quantitative estimate of drug-likeness (QED) is 0.406. The average Bonchev–Trinajstić information content (AvgIpc) is 3.53. The van der Waals surface area contributed by atoms with Crippen molar-refractivity contribution in [3.8, 4) is 11.5 Å². The molecule has 0 bridgehead atoms. The molecule has 1 aliphatic heterocycles. The first-order chi connectivity index (χ1) is 16.6. The lowest BCUT2D eigenvalue weighted by molar-refractivity contribution is -0.119. The van der Waals surface area contributed by atoms with Gasteiger partial charge in [-0.15, -0.1) is 0 Å². The molecule has 3 heterocycles. The Morgan fingerprint density at radius 3 is 2.59 bits per heavy atom. The van der Waals surface area contributed by atoms with E-state index in [-0.39, 0.29) is 17.7 Å². The lowest BCUT2D eigenvalue weighted by atomic mass is 10.1. The predicted molar refractivity (Wildman–Crippen MR) is 133 cm³/mol. The highest BCUT2D eigenvalue weighted by molar-refractivity contribution is 5.96. The first-order valence-electron chi connectivity index (χ1n) is 11.5. The van der Waals surface area contributed by atoms with E-state index in [0.717, 1.165) is 29.0 Å². The lowest BCUT2D eigenvalue weighted by Crippen LogP contribution is -2.32. The number of benzene rings is 2. The minimum Gasteiger partial charge on any atom is -0.385 e. The number of imidazole rings is 1. The topological polar surface area (TPSA) is 103 Å². The van der Waals surface area contributed by atoms with Gasteiger partial charge in [0.15, 0.2) is 5.82 Å². The van der Waals surface area contributed by atoms with Gasteiger partial charge in [-0.1, -0.05) is 18.2 Å². The van der Waals surface area contributed by atoms with Crippen LogP contribution in [-0.4, -0.2) is 51.3 Å². The Morgan fingerprint density at radius 2 is 1.79 bits per heavy atom. The molecule has 172 valence electrons. The molecule has 4 aromatic rings. The van der Waals surface area contributed by atoms with Crippen molar-refractivity contribution in [1.82, 2.24) is 19.9 Å². The van der Waals surface area contributed by atoms with E-state index in [9.17, 15) is 9.59 Å². The molecule has 5 rings (SSSR count). The van der Waals surface area contributed by atoms with E-state index in [1.54, 1.807) is 17.0 Å². The van der Waals surface area contributed by atoms with Gasteiger partial charge in [-0.2, -0.15) is 0 Å². The van der Waals surface area contributed by atoms with Gasteiger partial charge in [-0.25, -0.2) is 9.97 Å². The largest absolute Gasteiger partial charge is 0.385 e. The van der Waals surface area contributed by atoms with Crippen LogP contribution in [0.25, 0.3) is 22.6 Å². The Kier molecular flexibility index (Phi) is 5.95. The fourth-order valence-electron chi connectivity index (χ4n) is 4.20. The van der Waals surface area contributed by atoms with Crippen LogP contribution in [0.4, 0.5) is 11.4 Å². The summed E-state index contributed by atoms with van der Waals surface area (Å²) < 4.78 is 0. The molecule has 34 heavy (non-hydrogen) atoms. The van der Waals surface area contributed by atoms with E-state index < -0.39 is 0 Å². The van der Waals surface area contributed by atoms with E-state index in [0.29, 0.717) is 36.7 Å². The molecule has 0 aliphatic carbocycles. The lowest BCUT2D eigenvalue weighted by Gasteiger charge is -2.16. The second-order valence-corrected chi connectivity index (χ2v) is 8.34. The molecule has 1 atom stereocenters. The summed E-state index contributed by atoms with van der Waals surface area (Å²) in [6.45, 7) is 3.77. The Balaban J connectivity index is 1.24. The molecule has 1 saturated heterocycles. The van der Waals surface area contributed by atoms with Gasteiger partial charge in [0.2, 0.25) is 5.91 Å². The zero-order valence-corrected chi connectivity index (χ0v) is 18.9. The third-order valence-electron chi connectivity index (χ3n) is 5.98. The zero-order chi connectivity index (χ0) is 23.5. The first-order valence-corrected chi connectivity index (χ1v) is 11.5. The fourth-order valence-corrected chi connectivity index (χ4v) is 4.20. The molecule has 0 radical (unpaired) electrons. The summed E-state index contributed by atoms with van der Waals surface area (Å²) in [5.41, 5.74) is 4.48. The van der Waals surface area contributed by atoms with Gasteiger partial charge in [0, 0.05) is 31.0 Å².